The van der Waals surface area contributed by atoms with Gasteiger partial charge < -0.3 is 4.57 Å². The van der Waals surface area contributed by atoms with Crippen LogP contribution in [0.2, 0.25) is 5.15 Å². The van der Waals surface area contributed by atoms with Crippen molar-refractivity contribution in [2.75, 3.05) is 0 Å². The molecule has 2 heterocycles. The number of hydrogen-bond acceptors (Lipinski definition) is 2. The molecule has 2 aromatic heterocycles. The van der Waals surface area contributed by atoms with Crippen molar-refractivity contribution in [3.05, 3.63) is 53.1 Å². The standard InChI is InChI=1S/C15H14ClN3/c1-3-12-17-14(16)13-10(2)9-19(15(13)18-12)11-7-5-4-6-8-11/h4-9H,3H2,1-2H3. The molecule has 0 aliphatic rings. The molecule has 96 valence electrons. The van der Waals surface area contributed by atoms with Gasteiger partial charge in [0.2, 0.25) is 0 Å². The number of fused-ring (bicyclic) bond motifs is 1. The molecule has 0 radical (unpaired) electrons. The van der Waals surface area contributed by atoms with E-state index in [1.165, 1.54) is 0 Å². The van der Waals surface area contributed by atoms with Gasteiger partial charge in [0.15, 0.2) is 0 Å². The normalized spacial score (nSPS) is 11.1. The number of halogens is 1. The zero-order chi connectivity index (χ0) is 13.4. The first-order chi connectivity index (χ1) is 9.20. The summed E-state index contributed by atoms with van der Waals surface area (Å²) in [7, 11) is 0. The Hall–Kier alpha value is -1.87. The summed E-state index contributed by atoms with van der Waals surface area (Å²) >= 11 is 6.28. The van der Waals surface area contributed by atoms with E-state index >= 15 is 0 Å². The molecule has 0 amide bonds. The van der Waals surface area contributed by atoms with Crippen molar-refractivity contribution in [1.29, 1.82) is 0 Å². The highest BCUT2D eigenvalue weighted by Gasteiger charge is 2.13. The summed E-state index contributed by atoms with van der Waals surface area (Å²) in [5, 5.41) is 1.47. The van der Waals surface area contributed by atoms with Crippen LogP contribution in [0.5, 0.6) is 0 Å². The Bertz CT molecular complexity index is 732. The third kappa shape index (κ3) is 2.00. The molecule has 4 heteroatoms. The molecule has 0 saturated heterocycles. The first kappa shape index (κ1) is 12.2. The SMILES string of the molecule is CCc1nc(Cl)c2c(C)cn(-c3ccccc3)c2n1. The summed E-state index contributed by atoms with van der Waals surface area (Å²) < 4.78 is 2.07. The van der Waals surface area contributed by atoms with Gasteiger partial charge in [-0.1, -0.05) is 36.7 Å². The van der Waals surface area contributed by atoms with Gasteiger partial charge in [0.25, 0.3) is 0 Å². The van der Waals surface area contributed by atoms with Crippen LogP contribution in [-0.2, 0) is 6.42 Å². The molecule has 1 aromatic carbocycles. The Morgan fingerprint density at radius 3 is 2.58 bits per heavy atom. The Morgan fingerprint density at radius 2 is 1.89 bits per heavy atom. The van der Waals surface area contributed by atoms with Crippen LogP contribution in [-0.4, -0.2) is 14.5 Å². The fourth-order valence-electron chi connectivity index (χ4n) is 2.24. The average molecular weight is 272 g/mol. The van der Waals surface area contributed by atoms with E-state index in [9.17, 15) is 0 Å². The van der Waals surface area contributed by atoms with Gasteiger partial charge in [-0.25, -0.2) is 9.97 Å². The van der Waals surface area contributed by atoms with Crippen LogP contribution < -0.4 is 0 Å². The first-order valence-corrected chi connectivity index (χ1v) is 6.68. The lowest BCUT2D eigenvalue weighted by Crippen LogP contribution is -1.98. The van der Waals surface area contributed by atoms with Crippen LogP contribution in [0, 0.1) is 6.92 Å². The Labute approximate surface area is 116 Å². The molecule has 0 N–H and O–H groups in total. The molecule has 3 aromatic rings. The zero-order valence-corrected chi connectivity index (χ0v) is 11.6. The third-order valence-electron chi connectivity index (χ3n) is 3.19. The van der Waals surface area contributed by atoms with E-state index in [4.69, 9.17) is 11.6 Å². The lowest BCUT2D eigenvalue weighted by molar-refractivity contribution is 0.943. The van der Waals surface area contributed by atoms with Crippen LogP contribution in [0.1, 0.15) is 18.3 Å². The maximum atomic E-state index is 6.28. The van der Waals surface area contributed by atoms with Gasteiger partial charge in [-0.15, -0.1) is 0 Å². The minimum atomic E-state index is 0.536. The molecule has 0 bridgehead atoms. The van der Waals surface area contributed by atoms with Crippen molar-refractivity contribution in [3.63, 3.8) is 0 Å². The topological polar surface area (TPSA) is 30.7 Å². The van der Waals surface area contributed by atoms with E-state index in [2.05, 4.69) is 32.9 Å². The highest BCUT2D eigenvalue weighted by atomic mass is 35.5. The molecule has 0 spiro atoms. The van der Waals surface area contributed by atoms with Crippen LogP contribution in [0.15, 0.2) is 36.5 Å². The fourth-order valence-corrected chi connectivity index (χ4v) is 2.57. The van der Waals surface area contributed by atoms with Crippen LogP contribution in [0.3, 0.4) is 0 Å². The van der Waals surface area contributed by atoms with E-state index in [1.807, 2.05) is 32.0 Å². The number of aryl methyl sites for hydroxylation is 2. The van der Waals surface area contributed by atoms with Crippen molar-refractivity contribution in [2.24, 2.45) is 0 Å². The van der Waals surface area contributed by atoms with Crippen molar-refractivity contribution in [3.8, 4) is 5.69 Å². The highest BCUT2D eigenvalue weighted by Crippen LogP contribution is 2.28. The lowest BCUT2D eigenvalue weighted by atomic mass is 10.3. The smallest absolute Gasteiger partial charge is 0.150 e. The zero-order valence-electron chi connectivity index (χ0n) is 10.9. The molecule has 0 saturated carbocycles. The maximum Gasteiger partial charge on any atom is 0.150 e. The second kappa shape index (κ2) is 4.67. The van der Waals surface area contributed by atoms with Crippen molar-refractivity contribution in [1.82, 2.24) is 14.5 Å². The predicted molar refractivity (Wildman–Crippen MR) is 78.0 cm³/mol. The number of hydrogen-bond donors (Lipinski definition) is 0. The Balaban J connectivity index is 2.35. The van der Waals surface area contributed by atoms with Gasteiger partial charge in [-0.2, -0.15) is 0 Å². The van der Waals surface area contributed by atoms with Crippen LogP contribution in [0.25, 0.3) is 16.7 Å². The minimum Gasteiger partial charge on any atom is -0.301 e. The molecule has 0 aliphatic carbocycles. The van der Waals surface area contributed by atoms with Crippen LogP contribution >= 0.6 is 11.6 Å². The third-order valence-corrected chi connectivity index (χ3v) is 3.46. The molecule has 0 aliphatic heterocycles. The molecule has 19 heavy (non-hydrogen) atoms. The highest BCUT2D eigenvalue weighted by molar-refractivity contribution is 6.34. The van der Waals surface area contributed by atoms with Crippen molar-refractivity contribution >= 4 is 22.6 Å². The second-order valence-corrected chi connectivity index (χ2v) is 4.86. The van der Waals surface area contributed by atoms with Gasteiger partial charge >= 0.3 is 0 Å². The summed E-state index contributed by atoms with van der Waals surface area (Å²) in [6.07, 6.45) is 2.83. The summed E-state index contributed by atoms with van der Waals surface area (Å²) in [6.45, 7) is 4.06. The lowest BCUT2D eigenvalue weighted by Gasteiger charge is -2.05. The Morgan fingerprint density at radius 1 is 1.16 bits per heavy atom. The summed E-state index contributed by atoms with van der Waals surface area (Å²) in [5.41, 5.74) is 3.05. The number of nitrogens with zero attached hydrogens (tertiary/aromatic N) is 3. The quantitative estimate of drug-likeness (QED) is 0.661. The largest absolute Gasteiger partial charge is 0.301 e. The molecule has 0 unspecified atom stereocenters. The average Bonchev–Trinajstić information content (AvgIpc) is 2.77. The molecule has 0 atom stereocenters. The molecular formula is C15H14ClN3. The monoisotopic (exact) mass is 271 g/mol. The molecule has 0 fully saturated rings. The summed E-state index contributed by atoms with van der Waals surface area (Å²) in [5.74, 6) is 0.771. The van der Waals surface area contributed by atoms with Gasteiger partial charge in [0.05, 0.1) is 5.39 Å². The molecule has 3 nitrogen and oxygen atoms in total. The van der Waals surface area contributed by atoms with Gasteiger partial charge in [0.1, 0.15) is 16.6 Å². The van der Waals surface area contributed by atoms with E-state index in [0.717, 1.165) is 34.5 Å². The summed E-state index contributed by atoms with van der Waals surface area (Å²) in [4.78, 5) is 8.95. The second-order valence-electron chi connectivity index (χ2n) is 4.50. The van der Waals surface area contributed by atoms with Gasteiger partial charge in [-0.05, 0) is 24.6 Å². The predicted octanol–water partition coefficient (Wildman–Crippen LogP) is 3.94. The van der Waals surface area contributed by atoms with E-state index < -0.39 is 0 Å². The minimum absolute atomic E-state index is 0.536. The molecule has 3 rings (SSSR count). The van der Waals surface area contributed by atoms with Crippen molar-refractivity contribution < 1.29 is 0 Å². The summed E-state index contributed by atoms with van der Waals surface area (Å²) in [6, 6.07) is 10.1. The van der Waals surface area contributed by atoms with E-state index in [-0.39, 0.29) is 0 Å². The van der Waals surface area contributed by atoms with Gasteiger partial charge in [-0.3, -0.25) is 0 Å². The maximum absolute atomic E-state index is 6.28. The molecular weight excluding hydrogens is 258 g/mol. The fraction of sp³-hybridized carbons (Fsp3) is 0.200. The van der Waals surface area contributed by atoms with E-state index in [1.54, 1.807) is 0 Å². The Kier molecular flexibility index (Phi) is 2.99. The number of rotatable bonds is 2. The van der Waals surface area contributed by atoms with Gasteiger partial charge in [0, 0.05) is 18.3 Å². The van der Waals surface area contributed by atoms with Crippen LogP contribution in [0.4, 0.5) is 0 Å². The number of aromatic nitrogens is 3. The first-order valence-electron chi connectivity index (χ1n) is 6.30. The van der Waals surface area contributed by atoms with E-state index in [0.29, 0.717) is 5.15 Å². The van der Waals surface area contributed by atoms with Crippen molar-refractivity contribution in [2.45, 2.75) is 20.3 Å². The number of para-hydroxylation sites is 1. The number of benzene rings is 1.